The molecule has 1 N–H and O–H groups in total. The minimum Gasteiger partial charge on any atom is -0.387 e. The second-order valence-corrected chi connectivity index (χ2v) is 6.24. The smallest absolute Gasteiger partial charge is 0.185 e. The average molecular weight is 244 g/mol. The first-order valence-corrected chi connectivity index (χ1v) is 7.09. The quantitative estimate of drug-likeness (QED) is 0.864. The van der Waals surface area contributed by atoms with Gasteiger partial charge in [0.2, 0.25) is 0 Å². The number of anilines is 1. The molecule has 1 aliphatic heterocycles. The summed E-state index contributed by atoms with van der Waals surface area (Å²) in [6, 6.07) is 0. The van der Waals surface area contributed by atoms with E-state index in [1.165, 1.54) is 5.75 Å². The van der Waals surface area contributed by atoms with Crippen molar-refractivity contribution in [2.24, 2.45) is 0 Å². The van der Waals surface area contributed by atoms with Gasteiger partial charge in [0, 0.05) is 29.5 Å². The van der Waals surface area contributed by atoms with Crippen molar-refractivity contribution in [3.05, 3.63) is 11.1 Å². The van der Waals surface area contributed by atoms with Crippen molar-refractivity contribution in [1.29, 1.82) is 0 Å². The van der Waals surface area contributed by atoms with Crippen LogP contribution in [-0.4, -0.2) is 34.2 Å². The normalized spacial score (nSPS) is 24.2. The fourth-order valence-electron chi connectivity index (χ4n) is 1.61. The zero-order valence-electron chi connectivity index (χ0n) is 9.01. The van der Waals surface area contributed by atoms with Gasteiger partial charge in [-0.25, -0.2) is 4.98 Å². The molecule has 1 aromatic rings. The third kappa shape index (κ3) is 2.65. The van der Waals surface area contributed by atoms with E-state index in [4.69, 9.17) is 0 Å². The number of thioether (sulfide) groups is 1. The fraction of sp³-hybridized carbons (Fsp3) is 0.700. The van der Waals surface area contributed by atoms with Crippen molar-refractivity contribution in [2.45, 2.75) is 25.2 Å². The molecule has 0 radical (unpaired) electrons. The molecule has 3 nitrogen and oxygen atoms in total. The van der Waals surface area contributed by atoms with Crippen LogP contribution in [0.1, 0.15) is 25.6 Å². The van der Waals surface area contributed by atoms with E-state index in [0.717, 1.165) is 23.9 Å². The molecule has 84 valence electrons. The third-order valence-electron chi connectivity index (χ3n) is 2.45. The van der Waals surface area contributed by atoms with E-state index in [0.29, 0.717) is 5.25 Å². The van der Waals surface area contributed by atoms with E-state index >= 15 is 0 Å². The number of nitrogens with zero attached hydrogens (tertiary/aromatic N) is 2. The van der Waals surface area contributed by atoms with Crippen LogP contribution in [0, 0.1) is 0 Å². The highest BCUT2D eigenvalue weighted by molar-refractivity contribution is 8.00. The lowest BCUT2D eigenvalue weighted by Gasteiger charge is -2.30. The van der Waals surface area contributed by atoms with E-state index in [2.05, 4.69) is 16.8 Å². The van der Waals surface area contributed by atoms with Gasteiger partial charge in [-0.1, -0.05) is 6.92 Å². The number of aliphatic hydroxyl groups is 1. The summed E-state index contributed by atoms with van der Waals surface area (Å²) in [4.78, 5) is 6.77. The molecular formula is C10H16N2OS2. The van der Waals surface area contributed by atoms with E-state index < -0.39 is 6.10 Å². The predicted molar refractivity (Wildman–Crippen MR) is 66.9 cm³/mol. The van der Waals surface area contributed by atoms with Crippen molar-refractivity contribution in [3.8, 4) is 0 Å². The molecule has 1 saturated heterocycles. The van der Waals surface area contributed by atoms with Crippen molar-refractivity contribution in [1.82, 2.24) is 4.98 Å². The molecule has 2 rings (SSSR count). The van der Waals surface area contributed by atoms with E-state index in [9.17, 15) is 5.11 Å². The largest absolute Gasteiger partial charge is 0.387 e. The van der Waals surface area contributed by atoms with Gasteiger partial charge in [0.05, 0.1) is 11.8 Å². The molecule has 0 saturated carbocycles. The molecule has 0 bridgehead atoms. The Morgan fingerprint density at radius 2 is 2.47 bits per heavy atom. The minimum atomic E-state index is -0.452. The highest BCUT2D eigenvalue weighted by atomic mass is 32.2. The molecular weight excluding hydrogens is 228 g/mol. The van der Waals surface area contributed by atoms with Crippen LogP contribution in [-0.2, 0) is 0 Å². The molecule has 1 aliphatic rings. The second kappa shape index (κ2) is 4.72. The summed E-state index contributed by atoms with van der Waals surface area (Å²) in [7, 11) is 0. The Labute approximate surface area is 98.5 Å². The maximum Gasteiger partial charge on any atom is 0.185 e. The van der Waals surface area contributed by atoms with Gasteiger partial charge in [0.15, 0.2) is 5.13 Å². The minimum absolute atomic E-state index is 0.452. The van der Waals surface area contributed by atoms with Gasteiger partial charge in [-0.2, -0.15) is 11.8 Å². The predicted octanol–water partition coefficient (Wildman–Crippen LogP) is 2.14. The van der Waals surface area contributed by atoms with Crippen LogP contribution in [0.25, 0.3) is 0 Å². The van der Waals surface area contributed by atoms with Gasteiger partial charge >= 0.3 is 0 Å². The summed E-state index contributed by atoms with van der Waals surface area (Å²) < 4.78 is 0. The summed E-state index contributed by atoms with van der Waals surface area (Å²) in [5.74, 6) is 1.17. The van der Waals surface area contributed by atoms with E-state index in [1.807, 2.05) is 17.1 Å². The highest BCUT2D eigenvalue weighted by Crippen LogP contribution is 2.28. The number of aromatic nitrogens is 1. The van der Waals surface area contributed by atoms with E-state index in [-0.39, 0.29) is 0 Å². The van der Waals surface area contributed by atoms with Crippen molar-refractivity contribution in [2.75, 3.05) is 23.7 Å². The van der Waals surface area contributed by atoms with Crippen molar-refractivity contribution >= 4 is 28.2 Å². The molecule has 5 heteroatoms. The fourth-order valence-corrected chi connectivity index (χ4v) is 3.57. The van der Waals surface area contributed by atoms with Gasteiger partial charge in [0.25, 0.3) is 0 Å². The van der Waals surface area contributed by atoms with E-state index in [1.54, 1.807) is 18.3 Å². The molecule has 2 unspecified atom stereocenters. The first-order chi connectivity index (χ1) is 7.16. The molecule has 15 heavy (non-hydrogen) atoms. The molecule has 0 amide bonds. The summed E-state index contributed by atoms with van der Waals surface area (Å²) >= 11 is 3.65. The second-order valence-electron chi connectivity index (χ2n) is 3.86. The van der Waals surface area contributed by atoms with Crippen molar-refractivity contribution < 1.29 is 5.11 Å². The van der Waals surface area contributed by atoms with Gasteiger partial charge in [-0.15, -0.1) is 11.3 Å². The molecule has 0 spiro atoms. The zero-order chi connectivity index (χ0) is 10.8. The number of hydrogen-bond donors (Lipinski definition) is 1. The monoisotopic (exact) mass is 244 g/mol. The molecule has 0 aromatic carbocycles. The van der Waals surface area contributed by atoms with Crippen LogP contribution in [0.4, 0.5) is 5.13 Å². The van der Waals surface area contributed by atoms with Gasteiger partial charge in [0.1, 0.15) is 0 Å². The molecule has 1 aromatic heterocycles. The topological polar surface area (TPSA) is 36.4 Å². The maximum absolute atomic E-state index is 9.41. The first-order valence-electron chi connectivity index (χ1n) is 5.17. The maximum atomic E-state index is 9.41. The standard InChI is InChI=1S/C10H16N2OS2/c1-7-5-12(3-4-14-7)10-11-9(6-15-10)8(2)13/h6-8,13H,3-5H2,1-2H3. The zero-order valence-corrected chi connectivity index (χ0v) is 10.6. The Bertz CT molecular complexity index is 327. The molecule has 2 atom stereocenters. The first kappa shape index (κ1) is 11.2. The van der Waals surface area contributed by atoms with Crippen LogP contribution >= 0.6 is 23.1 Å². The lowest BCUT2D eigenvalue weighted by molar-refractivity contribution is 0.195. The molecule has 0 aliphatic carbocycles. The summed E-state index contributed by atoms with van der Waals surface area (Å²) in [6.07, 6.45) is -0.452. The number of aliphatic hydroxyl groups excluding tert-OH is 1. The van der Waals surface area contributed by atoms with Crippen LogP contribution in [0.3, 0.4) is 0 Å². The third-order valence-corrected chi connectivity index (χ3v) is 4.51. The van der Waals surface area contributed by atoms with Crippen LogP contribution in [0.5, 0.6) is 0 Å². The Morgan fingerprint density at radius 1 is 1.67 bits per heavy atom. The summed E-state index contributed by atoms with van der Waals surface area (Å²) in [6.45, 7) is 6.15. The summed E-state index contributed by atoms with van der Waals surface area (Å²) in [5.41, 5.74) is 0.792. The SMILES string of the molecule is CC1CN(c2nc(C(C)O)cs2)CCS1. The van der Waals surface area contributed by atoms with Crippen LogP contribution in [0.2, 0.25) is 0 Å². The van der Waals surface area contributed by atoms with Gasteiger partial charge in [-0.3, -0.25) is 0 Å². The number of rotatable bonds is 2. The lowest BCUT2D eigenvalue weighted by Crippen LogP contribution is -2.36. The molecule has 2 heterocycles. The lowest BCUT2D eigenvalue weighted by atomic mass is 10.3. The Hall–Kier alpha value is -0.260. The van der Waals surface area contributed by atoms with Crippen LogP contribution in [0.15, 0.2) is 5.38 Å². The van der Waals surface area contributed by atoms with Crippen molar-refractivity contribution in [3.63, 3.8) is 0 Å². The van der Waals surface area contributed by atoms with Gasteiger partial charge in [-0.05, 0) is 6.92 Å². The number of hydrogen-bond acceptors (Lipinski definition) is 5. The highest BCUT2D eigenvalue weighted by Gasteiger charge is 2.19. The summed E-state index contributed by atoms with van der Waals surface area (Å²) in [5, 5.41) is 13.1. The Kier molecular flexibility index (Phi) is 3.53. The molecule has 1 fully saturated rings. The average Bonchev–Trinajstić information content (AvgIpc) is 2.66. The van der Waals surface area contributed by atoms with Crippen LogP contribution < -0.4 is 4.90 Å². The Balaban J connectivity index is 2.08. The van der Waals surface area contributed by atoms with Gasteiger partial charge < -0.3 is 10.0 Å². The Morgan fingerprint density at radius 3 is 3.07 bits per heavy atom. The number of thiazole rings is 1.